The summed E-state index contributed by atoms with van der Waals surface area (Å²) in [5.74, 6) is 0.404. The fourth-order valence-electron chi connectivity index (χ4n) is 4.55. The molecule has 0 aliphatic carbocycles. The summed E-state index contributed by atoms with van der Waals surface area (Å²) >= 11 is 12.3. The Morgan fingerprint density at radius 3 is 2.19 bits per heavy atom. The van der Waals surface area contributed by atoms with Crippen molar-refractivity contribution in [2.24, 2.45) is 0 Å². The number of halogens is 2. The summed E-state index contributed by atoms with van der Waals surface area (Å²) in [6.07, 6.45) is 0. The van der Waals surface area contributed by atoms with Crippen molar-refractivity contribution in [3.05, 3.63) is 98.5 Å². The largest absolute Gasteiger partial charge is 0.496 e. The second-order valence-electron chi connectivity index (χ2n) is 8.12. The topological polar surface area (TPSA) is 91.4 Å². The summed E-state index contributed by atoms with van der Waals surface area (Å²) in [5, 5.41) is 13.3. The van der Waals surface area contributed by atoms with Gasteiger partial charge in [-0.25, -0.2) is 12.4 Å². The van der Waals surface area contributed by atoms with Crippen LogP contribution in [0.25, 0.3) is 32.9 Å². The number of nitrogens with zero attached hydrogens (tertiary/aromatic N) is 2. The molecule has 0 saturated heterocycles. The summed E-state index contributed by atoms with van der Waals surface area (Å²) in [6, 6.07) is 19.4. The SMILES string of the molecule is COc1c(C)c(-c2cc(Cl)c(Cl)cc2[N+](=O)[O-])cc2c1c1ccccc1n2S(=O)(=O)c1ccccc1. The van der Waals surface area contributed by atoms with Crippen LogP contribution in [0.5, 0.6) is 5.75 Å². The molecular weight excluding hydrogens is 523 g/mol. The lowest BCUT2D eigenvalue weighted by molar-refractivity contribution is -0.384. The number of hydrogen-bond acceptors (Lipinski definition) is 5. The van der Waals surface area contributed by atoms with Gasteiger partial charge in [0, 0.05) is 11.5 Å². The van der Waals surface area contributed by atoms with Gasteiger partial charge in [-0.3, -0.25) is 10.1 Å². The van der Waals surface area contributed by atoms with Gasteiger partial charge in [-0.05, 0) is 48.4 Å². The molecule has 1 heterocycles. The Morgan fingerprint density at radius 2 is 1.53 bits per heavy atom. The van der Waals surface area contributed by atoms with E-state index in [0.29, 0.717) is 38.7 Å². The lowest BCUT2D eigenvalue weighted by Gasteiger charge is -2.15. The first kappa shape index (κ1) is 24.1. The number of methoxy groups -OCH3 is 1. The van der Waals surface area contributed by atoms with Crippen molar-refractivity contribution in [3.8, 4) is 16.9 Å². The maximum absolute atomic E-state index is 13.9. The average molecular weight is 541 g/mol. The molecule has 0 spiro atoms. The van der Waals surface area contributed by atoms with E-state index in [2.05, 4.69) is 0 Å². The molecule has 0 N–H and O–H groups in total. The van der Waals surface area contributed by atoms with Crippen LogP contribution in [0.3, 0.4) is 0 Å². The number of rotatable bonds is 5. The molecule has 36 heavy (non-hydrogen) atoms. The third-order valence-electron chi connectivity index (χ3n) is 6.13. The summed E-state index contributed by atoms with van der Waals surface area (Å²) < 4.78 is 34.8. The monoisotopic (exact) mass is 540 g/mol. The molecule has 5 aromatic rings. The van der Waals surface area contributed by atoms with Crippen molar-refractivity contribution in [3.63, 3.8) is 0 Å². The smallest absolute Gasteiger partial charge is 0.278 e. The van der Waals surface area contributed by atoms with E-state index < -0.39 is 14.9 Å². The molecule has 0 aliphatic heterocycles. The summed E-state index contributed by atoms with van der Waals surface area (Å²) in [5.41, 5.74) is 1.69. The van der Waals surface area contributed by atoms with Crippen LogP contribution in [-0.2, 0) is 10.0 Å². The summed E-state index contributed by atoms with van der Waals surface area (Å²) in [6.45, 7) is 1.76. The van der Waals surface area contributed by atoms with E-state index in [1.165, 1.54) is 35.3 Å². The van der Waals surface area contributed by atoms with Crippen LogP contribution in [-0.4, -0.2) is 24.4 Å². The molecule has 0 fully saturated rings. The molecule has 5 rings (SSSR count). The second kappa shape index (κ2) is 8.81. The normalized spacial score (nSPS) is 11.8. The Hall–Kier alpha value is -3.59. The number of ether oxygens (including phenoxy) is 1. The minimum atomic E-state index is -4.05. The Balaban J connectivity index is 1.99. The number of nitro groups is 1. The molecule has 10 heteroatoms. The molecule has 182 valence electrons. The molecule has 0 atom stereocenters. The van der Waals surface area contributed by atoms with E-state index in [-0.39, 0.29) is 26.2 Å². The van der Waals surface area contributed by atoms with Crippen molar-refractivity contribution >= 4 is 60.7 Å². The lowest BCUT2D eigenvalue weighted by atomic mass is 9.95. The number of nitro benzene ring substituents is 1. The molecule has 0 unspecified atom stereocenters. The first-order valence-electron chi connectivity index (χ1n) is 10.7. The zero-order valence-electron chi connectivity index (χ0n) is 19.0. The van der Waals surface area contributed by atoms with Gasteiger partial charge in [0.25, 0.3) is 15.7 Å². The van der Waals surface area contributed by atoms with Crippen LogP contribution < -0.4 is 4.74 Å². The van der Waals surface area contributed by atoms with Gasteiger partial charge >= 0.3 is 0 Å². The standard InChI is InChI=1S/C26H18Cl2N2O5S/c1-15-18(19-12-20(27)21(28)14-23(19)30(31)32)13-24-25(26(15)35-2)17-10-6-7-11-22(17)29(24)36(33,34)16-8-4-3-5-9-16/h3-14H,1-2H3. The molecule has 0 radical (unpaired) electrons. The van der Waals surface area contributed by atoms with Crippen LogP contribution in [0.4, 0.5) is 5.69 Å². The van der Waals surface area contributed by atoms with Crippen LogP contribution in [0, 0.1) is 17.0 Å². The van der Waals surface area contributed by atoms with E-state index in [9.17, 15) is 18.5 Å². The van der Waals surface area contributed by atoms with E-state index in [1.54, 1.807) is 43.3 Å². The fourth-order valence-corrected chi connectivity index (χ4v) is 6.41. The molecule has 0 bridgehead atoms. The Kier molecular flexibility index (Phi) is 5.90. The van der Waals surface area contributed by atoms with E-state index in [0.717, 1.165) is 0 Å². The number of para-hydroxylation sites is 1. The van der Waals surface area contributed by atoms with Gasteiger partial charge < -0.3 is 4.74 Å². The number of benzene rings is 4. The van der Waals surface area contributed by atoms with Crippen molar-refractivity contribution in [1.82, 2.24) is 3.97 Å². The van der Waals surface area contributed by atoms with Crippen LogP contribution in [0.2, 0.25) is 10.0 Å². The second-order valence-corrected chi connectivity index (χ2v) is 10.7. The maximum Gasteiger partial charge on any atom is 0.278 e. The van der Waals surface area contributed by atoms with Gasteiger partial charge in [0.1, 0.15) is 5.75 Å². The van der Waals surface area contributed by atoms with Gasteiger partial charge in [0.2, 0.25) is 0 Å². The first-order valence-corrected chi connectivity index (χ1v) is 12.9. The highest BCUT2D eigenvalue weighted by Gasteiger charge is 2.28. The zero-order chi connectivity index (χ0) is 25.8. The van der Waals surface area contributed by atoms with Crippen molar-refractivity contribution in [1.29, 1.82) is 0 Å². The summed E-state index contributed by atoms with van der Waals surface area (Å²) in [4.78, 5) is 11.5. The highest BCUT2D eigenvalue weighted by Crippen LogP contribution is 2.46. The Labute approximate surface area is 216 Å². The van der Waals surface area contributed by atoms with Gasteiger partial charge in [-0.1, -0.05) is 59.6 Å². The van der Waals surface area contributed by atoms with Crippen LogP contribution >= 0.6 is 23.2 Å². The quantitative estimate of drug-likeness (QED) is 0.173. The zero-order valence-corrected chi connectivity index (χ0v) is 21.4. The van der Waals surface area contributed by atoms with Gasteiger partial charge in [-0.2, -0.15) is 0 Å². The number of hydrogen-bond donors (Lipinski definition) is 0. The van der Waals surface area contributed by atoms with Crippen LogP contribution in [0.15, 0.2) is 77.7 Å². The van der Waals surface area contributed by atoms with Gasteiger partial charge in [-0.15, -0.1) is 0 Å². The average Bonchev–Trinajstić information content (AvgIpc) is 3.20. The lowest BCUT2D eigenvalue weighted by Crippen LogP contribution is -2.12. The molecular formula is C26H18Cl2N2O5S. The van der Waals surface area contributed by atoms with Gasteiger partial charge in [0.05, 0.1) is 49.0 Å². The van der Waals surface area contributed by atoms with E-state index >= 15 is 0 Å². The predicted octanol–water partition coefficient (Wildman–Crippen LogP) is 7.23. The van der Waals surface area contributed by atoms with Gasteiger partial charge in [0.15, 0.2) is 0 Å². The minimum absolute atomic E-state index is 0.0404. The highest BCUT2D eigenvalue weighted by molar-refractivity contribution is 7.90. The molecule has 7 nitrogen and oxygen atoms in total. The first-order chi connectivity index (χ1) is 17.2. The number of fused-ring (bicyclic) bond motifs is 3. The summed E-state index contributed by atoms with van der Waals surface area (Å²) in [7, 11) is -2.57. The molecule has 4 aromatic carbocycles. The number of aromatic nitrogens is 1. The molecule has 0 amide bonds. The Bertz CT molecular complexity index is 1800. The fraction of sp³-hybridized carbons (Fsp3) is 0.0769. The molecule has 1 aromatic heterocycles. The molecule has 0 aliphatic rings. The maximum atomic E-state index is 13.9. The van der Waals surface area contributed by atoms with Crippen molar-refractivity contribution in [2.45, 2.75) is 11.8 Å². The Morgan fingerprint density at radius 1 is 0.889 bits per heavy atom. The van der Waals surface area contributed by atoms with Crippen LogP contribution in [0.1, 0.15) is 5.56 Å². The van der Waals surface area contributed by atoms with E-state index in [1.807, 2.05) is 12.1 Å². The third-order valence-corrected chi connectivity index (χ3v) is 8.60. The molecule has 0 saturated carbocycles. The van der Waals surface area contributed by atoms with Crippen molar-refractivity contribution in [2.75, 3.05) is 7.11 Å². The van der Waals surface area contributed by atoms with Crippen molar-refractivity contribution < 1.29 is 18.1 Å². The minimum Gasteiger partial charge on any atom is -0.496 e. The highest BCUT2D eigenvalue weighted by atomic mass is 35.5. The predicted molar refractivity (Wildman–Crippen MR) is 142 cm³/mol. The van der Waals surface area contributed by atoms with E-state index in [4.69, 9.17) is 27.9 Å². The third kappa shape index (κ3) is 3.61.